The quantitative estimate of drug-likeness (QED) is 0.740. The molecule has 1 fully saturated rings. The van der Waals surface area contributed by atoms with E-state index < -0.39 is 23.8 Å². The summed E-state index contributed by atoms with van der Waals surface area (Å²) >= 11 is 1.41. The number of carboxylic acid groups (broad SMARTS) is 1. The van der Waals surface area contributed by atoms with Gasteiger partial charge in [-0.05, 0) is 24.3 Å². The minimum Gasteiger partial charge on any atom is -0.478 e. The number of carboxylic acids is 1. The number of carbonyl (C=O) groups is 3. The van der Waals surface area contributed by atoms with Gasteiger partial charge in [-0.3, -0.25) is 9.59 Å². The van der Waals surface area contributed by atoms with E-state index in [2.05, 4.69) is 5.32 Å². The van der Waals surface area contributed by atoms with Crippen LogP contribution in [0.25, 0.3) is 0 Å². The van der Waals surface area contributed by atoms with Gasteiger partial charge in [0.2, 0.25) is 17.9 Å². The fourth-order valence-electron chi connectivity index (χ4n) is 1.83. The van der Waals surface area contributed by atoms with Crippen molar-refractivity contribution in [1.82, 2.24) is 10.2 Å². The highest BCUT2D eigenvalue weighted by Gasteiger charge is 2.24. The second-order valence-corrected chi connectivity index (χ2v) is 5.73. The molecular weight excluding hydrogens is 327 g/mol. The van der Waals surface area contributed by atoms with Gasteiger partial charge in [0.05, 0.1) is 18.2 Å². The first kappa shape index (κ1) is 17.1. The Morgan fingerprint density at radius 1 is 1.39 bits per heavy atom. The molecule has 0 bridgehead atoms. The number of hydrogen-bond donors (Lipinski definition) is 2. The first-order valence-electron chi connectivity index (χ1n) is 6.73. The average Bonchev–Trinajstić information content (AvgIpc) is 2.90. The third-order valence-electron chi connectivity index (χ3n) is 3.01. The molecule has 1 aromatic carbocycles. The Morgan fingerprint density at radius 2 is 2.09 bits per heavy atom. The smallest absolute Gasteiger partial charge is 0.346 e. The van der Waals surface area contributed by atoms with Crippen LogP contribution in [0.4, 0.5) is 4.39 Å². The number of ether oxygens (including phenoxy) is 1. The van der Waals surface area contributed by atoms with Crippen molar-refractivity contribution in [2.75, 3.05) is 24.7 Å². The molecule has 1 atom stereocenters. The monoisotopic (exact) mass is 342 g/mol. The maximum Gasteiger partial charge on any atom is 0.346 e. The zero-order chi connectivity index (χ0) is 16.8. The van der Waals surface area contributed by atoms with Crippen molar-refractivity contribution in [2.24, 2.45) is 0 Å². The summed E-state index contributed by atoms with van der Waals surface area (Å²) in [5.41, 5.74) is 0. The first-order valence-corrected chi connectivity index (χ1v) is 7.88. The van der Waals surface area contributed by atoms with E-state index in [1.165, 1.54) is 28.8 Å². The molecule has 124 valence electrons. The van der Waals surface area contributed by atoms with Crippen LogP contribution in [0.2, 0.25) is 0 Å². The van der Waals surface area contributed by atoms with E-state index in [9.17, 15) is 18.8 Å². The highest BCUT2D eigenvalue weighted by molar-refractivity contribution is 8.00. The van der Waals surface area contributed by atoms with E-state index in [1.807, 2.05) is 0 Å². The number of nitrogens with zero attached hydrogens (tertiary/aromatic N) is 1. The van der Waals surface area contributed by atoms with Crippen molar-refractivity contribution in [2.45, 2.75) is 6.10 Å². The van der Waals surface area contributed by atoms with Gasteiger partial charge in [-0.25, -0.2) is 9.18 Å². The second-order valence-electron chi connectivity index (χ2n) is 4.77. The van der Waals surface area contributed by atoms with E-state index in [0.717, 1.165) is 12.1 Å². The molecule has 0 radical (unpaired) electrons. The maximum absolute atomic E-state index is 12.8. The predicted octanol–water partition coefficient (Wildman–Crippen LogP) is 0.307. The standard InChI is InChI=1S/C14H15FN2O5S/c15-9-1-3-10(4-2-9)22-11(14(20)21)5-16-12(18)6-17-8-23-7-13(17)19/h1-4,11H,5-8H2,(H,16,18)(H,20,21). The Labute approximate surface area is 135 Å². The summed E-state index contributed by atoms with van der Waals surface area (Å²) < 4.78 is 18.0. The van der Waals surface area contributed by atoms with Gasteiger partial charge < -0.3 is 20.1 Å². The van der Waals surface area contributed by atoms with Crippen LogP contribution in [0.5, 0.6) is 5.75 Å². The first-order chi connectivity index (χ1) is 11.0. The Kier molecular flexibility index (Phi) is 5.80. The summed E-state index contributed by atoms with van der Waals surface area (Å²) in [5, 5.41) is 11.5. The van der Waals surface area contributed by atoms with Crippen LogP contribution in [0.1, 0.15) is 0 Å². The minimum absolute atomic E-state index is 0.116. The molecule has 0 aromatic heterocycles. The fourth-order valence-corrected chi connectivity index (χ4v) is 2.74. The van der Waals surface area contributed by atoms with Crippen molar-refractivity contribution in [1.29, 1.82) is 0 Å². The highest BCUT2D eigenvalue weighted by atomic mass is 32.2. The SMILES string of the molecule is O=C(CN1CSCC1=O)NCC(Oc1ccc(F)cc1)C(=O)O. The van der Waals surface area contributed by atoms with E-state index >= 15 is 0 Å². The molecule has 23 heavy (non-hydrogen) atoms. The summed E-state index contributed by atoms with van der Waals surface area (Å²) in [5.74, 6) is -1.34. The molecule has 0 aliphatic carbocycles. The molecule has 2 rings (SSSR count). The van der Waals surface area contributed by atoms with Crippen molar-refractivity contribution >= 4 is 29.5 Å². The molecular formula is C14H15FN2O5S. The molecule has 2 N–H and O–H groups in total. The number of aliphatic carboxylic acids is 1. The summed E-state index contributed by atoms with van der Waals surface area (Å²) in [6.45, 7) is -0.380. The zero-order valence-electron chi connectivity index (χ0n) is 12.0. The molecule has 0 spiro atoms. The van der Waals surface area contributed by atoms with Crippen molar-refractivity contribution in [3.05, 3.63) is 30.1 Å². The summed E-state index contributed by atoms with van der Waals surface area (Å²) in [6, 6.07) is 4.88. The number of rotatable bonds is 7. The number of nitrogens with one attached hydrogen (secondary N) is 1. The Bertz CT molecular complexity index is 595. The lowest BCUT2D eigenvalue weighted by Crippen LogP contribution is -2.44. The molecule has 1 saturated heterocycles. The van der Waals surface area contributed by atoms with Crippen LogP contribution in [0, 0.1) is 5.82 Å². The molecule has 2 amide bonds. The third kappa shape index (κ3) is 5.13. The van der Waals surface area contributed by atoms with Gasteiger partial charge in [-0.2, -0.15) is 0 Å². The average molecular weight is 342 g/mol. The van der Waals surface area contributed by atoms with Gasteiger partial charge in [-0.1, -0.05) is 0 Å². The Morgan fingerprint density at radius 3 is 2.65 bits per heavy atom. The number of thioether (sulfide) groups is 1. The second kappa shape index (κ2) is 7.82. The lowest BCUT2D eigenvalue weighted by molar-refractivity contribution is -0.145. The van der Waals surface area contributed by atoms with Crippen LogP contribution >= 0.6 is 11.8 Å². The molecule has 1 aliphatic rings. The number of amides is 2. The Hall–Kier alpha value is -2.29. The van der Waals surface area contributed by atoms with Crippen LogP contribution < -0.4 is 10.1 Å². The van der Waals surface area contributed by atoms with Crippen LogP contribution in [-0.4, -0.2) is 58.6 Å². The van der Waals surface area contributed by atoms with Gasteiger partial charge in [0.15, 0.2) is 0 Å². The van der Waals surface area contributed by atoms with Gasteiger partial charge in [0, 0.05) is 0 Å². The summed E-state index contributed by atoms with van der Waals surface area (Å²) in [7, 11) is 0. The molecule has 7 nitrogen and oxygen atoms in total. The van der Waals surface area contributed by atoms with Gasteiger partial charge >= 0.3 is 5.97 Å². The van der Waals surface area contributed by atoms with E-state index in [1.54, 1.807) is 0 Å². The van der Waals surface area contributed by atoms with E-state index in [0.29, 0.717) is 11.6 Å². The van der Waals surface area contributed by atoms with Crippen molar-refractivity contribution in [3.63, 3.8) is 0 Å². The largest absolute Gasteiger partial charge is 0.478 e. The fraction of sp³-hybridized carbons (Fsp3) is 0.357. The van der Waals surface area contributed by atoms with Crippen LogP contribution in [-0.2, 0) is 14.4 Å². The lowest BCUT2D eigenvalue weighted by atomic mass is 10.3. The van der Waals surface area contributed by atoms with Gasteiger partial charge in [0.1, 0.15) is 18.1 Å². The number of benzene rings is 1. The minimum atomic E-state index is -1.31. The number of hydrogen-bond acceptors (Lipinski definition) is 5. The Balaban J connectivity index is 1.84. The normalized spacial score (nSPS) is 15.3. The molecule has 0 saturated carbocycles. The molecule has 1 heterocycles. The summed E-state index contributed by atoms with van der Waals surface area (Å²) in [6.07, 6.45) is -1.31. The number of halogens is 1. The summed E-state index contributed by atoms with van der Waals surface area (Å²) in [4.78, 5) is 35.7. The van der Waals surface area contributed by atoms with Crippen LogP contribution in [0.3, 0.4) is 0 Å². The predicted molar refractivity (Wildman–Crippen MR) is 80.5 cm³/mol. The zero-order valence-corrected chi connectivity index (χ0v) is 12.8. The molecule has 9 heteroatoms. The molecule has 1 aliphatic heterocycles. The number of carbonyl (C=O) groups excluding carboxylic acids is 2. The van der Waals surface area contributed by atoms with Crippen molar-refractivity contribution < 1.29 is 28.6 Å². The lowest BCUT2D eigenvalue weighted by Gasteiger charge is -2.18. The maximum atomic E-state index is 12.8. The molecule has 1 unspecified atom stereocenters. The van der Waals surface area contributed by atoms with E-state index in [-0.39, 0.29) is 24.7 Å². The molecule has 1 aromatic rings. The van der Waals surface area contributed by atoms with Gasteiger partial charge in [0.25, 0.3) is 0 Å². The van der Waals surface area contributed by atoms with Crippen LogP contribution in [0.15, 0.2) is 24.3 Å². The van der Waals surface area contributed by atoms with E-state index in [4.69, 9.17) is 9.84 Å². The third-order valence-corrected chi connectivity index (χ3v) is 3.96. The van der Waals surface area contributed by atoms with Crippen molar-refractivity contribution in [3.8, 4) is 5.75 Å². The van der Waals surface area contributed by atoms with Gasteiger partial charge in [-0.15, -0.1) is 11.8 Å². The topological polar surface area (TPSA) is 95.9 Å². The highest BCUT2D eigenvalue weighted by Crippen LogP contribution is 2.14.